The van der Waals surface area contributed by atoms with Crippen LogP contribution in [-0.4, -0.2) is 17.9 Å². The quantitative estimate of drug-likeness (QED) is 0.615. The lowest BCUT2D eigenvalue weighted by Crippen LogP contribution is -2.35. The largest absolute Gasteiger partial charge is 0.292 e. The number of aliphatic imine (C=N–C) groups is 1. The molecule has 2 aromatic rings. The normalized spacial score (nSPS) is 13.7. The lowest BCUT2D eigenvalue weighted by atomic mass is 9.74. The number of rotatable bonds is 5. The first-order valence-electron chi connectivity index (χ1n) is 7.74. The van der Waals surface area contributed by atoms with E-state index in [0.29, 0.717) is 0 Å². The molecule has 0 radical (unpaired) electrons. The van der Waals surface area contributed by atoms with E-state index in [0.717, 1.165) is 11.3 Å². The molecule has 120 valence electrons. The number of nitrogens with zero attached hydrogens (tertiary/aromatic N) is 1. The molecule has 0 aliphatic rings. The third-order valence-corrected chi connectivity index (χ3v) is 4.94. The molecule has 0 aliphatic carbocycles. The van der Waals surface area contributed by atoms with Gasteiger partial charge in [-0.3, -0.25) is 9.79 Å². The van der Waals surface area contributed by atoms with Crippen molar-refractivity contribution < 1.29 is 4.79 Å². The van der Waals surface area contributed by atoms with Gasteiger partial charge in [0.05, 0.1) is 0 Å². The highest BCUT2D eigenvalue weighted by Crippen LogP contribution is 2.33. The fraction of sp³-hybridized carbons (Fsp3) is 0.300. The maximum Gasteiger partial charge on any atom is 0.189 e. The van der Waals surface area contributed by atoms with E-state index < -0.39 is 0 Å². The van der Waals surface area contributed by atoms with Gasteiger partial charge in [0.15, 0.2) is 5.12 Å². The van der Waals surface area contributed by atoms with E-state index >= 15 is 0 Å². The fourth-order valence-electron chi connectivity index (χ4n) is 2.75. The molecule has 0 spiro atoms. The zero-order valence-corrected chi connectivity index (χ0v) is 15.0. The van der Waals surface area contributed by atoms with Crippen molar-refractivity contribution in [2.24, 2.45) is 16.3 Å². The lowest BCUT2D eigenvalue weighted by molar-refractivity contribution is -0.115. The van der Waals surface area contributed by atoms with Gasteiger partial charge < -0.3 is 0 Å². The van der Waals surface area contributed by atoms with Crippen LogP contribution in [0.3, 0.4) is 0 Å². The molecular weight excluding hydrogens is 302 g/mol. The van der Waals surface area contributed by atoms with Crippen LogP contribution in [0.2, 0.25) is 0 Å². The minimum absolute atomic E-state index is 0.114. The molecule has 3 heteroatoms. The first-order chi connectivity index (χ1) is 10.9. The Morgan fingerprint density at radius 2 is 1.52 bits per heavy atom. The summed E-state index contributed by atoms with van der Waals surface area (Å²) in [5.41, 5.74) is 3.95. The van der Waals surface area contributed by atoms with E-state index in [1.807, 2.05) is 39.0 Å². The molecule has 0 fully saturated rings. The van der Waals surface area contributed by atoms with E-state index in [1.54, 1.807) is 7.05 Å². The summed E-state index contributed by atoms with van der Waals surface area (Å²) in [4.78, 5) is 16.2. The Bertz CT molecular complexity index is 702. The summed E-state index contributed by atoms with van der Waals surface area (Å²) in [6.07, 6.45) is 0. The number of hydrogen-bond acceptors (Lipinski definition) is 2. The van der Waals surface area contributed by atoms with Crippen LogP contribution in [0.15, 0.2) is 59.6 Å². The van der Waals surface area contributed by atoms with Gasteiger partial charge in [-0.1, -0.05) is 75.4 Å². The minimum Gasteiger partial charge on any atom is -0.292 e. The van der Waals surface area contributed by atoms with Crippen molar-refractivity contribution in [1.29, 1.82) is 0 Å². The van der Waals surface area contributed by atoms with Gasteiger partial charge in [0.1, 0.15) is 0 Å². The molecule has 2 rings (SSSR count). The monoisotopic (exact) mass is 325 g/mol. The van der Waals surface area contributed by atoms with Crippen molar-refractivity contribution in [2.75, 3.05) is 7.05 Å². The Balaban J connectivity index is 2.35. The third-order valence-electron chi connectivity index (χ3n) is 4.55. The van der Waals surface area contributed by atoms with Crippen LogP contribution >= 0.6 is 12.6 Å². The first-order valence-corrected chi connectivity index (χ1v) is 8.18. The van der Waals surface area contributed by atoms with Crippen LogP contribution in [0.25, 0.3) is 11.1 Å². The Morgan fingerprint density at radius 1 is 1.00 bits per heavy atom. The molecular formula is C20H23NOS. The van der Waals surface area contributed by atoms with Crippen LogP contribution in [0.5, 0.6) is 0 Å². The summed E-state index contributed by atoms with van der Waals surface area (Å²) in [5.74, 6) is -0.210. The van der Waals surface area contributed by atoms with Crippen molar-refractivity contribution >= 4 is 23.5 Å². The summed E-state index contributed by atoms with van der Waals surface area (Å²) in [6.45, 7) is 5.98. The van der Waals surface area contributed by atoms with Crippen LogP contribution in [0.1, 0.15) is 26.3 Å². The minimum atomic E-state index is -0.373. The molecule has 2 nitrogen and oxygen atoms in total. The van der Waals surface area contributed by atoms with Crippen LogP contribution in [-0.2, 0) is 4.79 Å². The summed E-state index contributed by atoms with van der Waals surface area (Å²) in [5, 5.41) is -0.114. The second kappa shape index (κ2) is 7.14. The van der Waals surface area contributed by atoms with E-state index in [9.17, 15) is 4.79 Å². The average molecular weight is 325 g/mol. The Morgan fingerprint density at radius 3 is 2.00 bits per heavy atom. The highest BCUT2D eigenvalue weighted by atomic mass is 32.1. The predicted molar refractivity (Wildman–Crippen MR) is 101 cm³/mol. The number of hydrogen-bond donors (Lipinski definition) is 1. The molecule has 1 atom stereocenters. The second-order valence-corrected chi connectivity index (χ2v) is 6.74. The molecule has 0 saturated carbocycles. The topological polar surface area (TPSA) is 29.4 Å². The van der Waals surface area contributed by atoms with E-state index in [4.69, 9.17) is 0 Å². The Labute approximate surface area is 144 Å². The zero-order chi connectivity index (χ0) is 17.0. The molecule has 0 aliphatic heterocycles. The van der Waals surface area contributed by atoms with Gasteiger partial charge in [-0.25, -0.2) is 0 Å². The van der Waals surface area contributed by atoms with E-state index in [-0.39, 0.29) is 16.4 Å². The molecule has 0 bridgehead atoms. The molecule has 0 aromatic heterocycles. The summed E-state index contributed by atoms with van der Waals surface area (Å²) in [7, 11) is 1.78. The van der Waals surface area contributed by atoms with Gasteiger partial charge in [-0.05, 0) is 16.7 Å². The second-order valence-electron chi connectivity index (χ2n) is 6.30. The Kier molecular flexibility index (Phi) is 5.42. The number of thiol groups is 1. The SMILES string of the molecule is CN=C(c1ccc(-c2ccccc2)cc1)C(C)(C)C(C)C(=O)S. The van der Waals surface area contributed by atoms with Gasteiger partial charge in [0, 0.05) is 24.1 Å². The molecule has 1 unspecified atom stereocenters. The first kappa shape index (κ1) is 17.5. The maximum atomic E-state index is 11.7. The van der Waals surface area contributed by atoms with Gasteiger partial charge in [-0.2, -0.15) is 0 Å². The molecule has 0 heterocycles. The van der Waals surface area contributed by atoms with Crippen LogP contribution < -0.4 is 0 Å². The highest BCUT2D eigenvalue weighted by Gasteiger charge is 2.35. The molecule has 0 saturated heterocycles. The summed E-state index contributed by atoms with van der Waals surface area (Å²) < 4.78 is 0. The number of benzene rings is 2. The number of carbonyl (C=O) groups excluding carboxylic acids is 1. The van der Waals surface area contributed by atoms with Crippen LogP contribution in [0.4, 0.5) is 0 Å². The maximum absolute atomic E-state index is 11.7. The molecule has 0 amide bonds. The van der Waals surface area contributed by atoms with Crippen molar-refractivity contribution in [2.45, 2.75) is 20.8 Å². The molecule has 0 N–H and O–H groups in total. The predicted octanol–water partition coefficient (Wildman–Crippen LogP) is 4.89. The van der Waals surface area contributed by atoms with Gasteiger partial charge in [0.25, 0.3) is 0 Å². The standard InChI is InChI=1S/C20H23NOS/c1-14(19(22)23)20(2,3)18(21-4)17-12-10-16(11-13-17)15-8-6-5-7-9-15/h5-14H,1-4H3,(H,22,23). The van der Waals surface area contributed by atoms with E-state index in [2.05, 4.69) is 54.0 Å². The van der Waals surface area contributed by atoms with Gasteiger partial charge >= 0.3 is 0 Å². The zero-order valence-electron chi connectivity index (χ0n) is 14.1. The van der Waals surface area contributed by atoms with E-state index in [1.165, 1.54) is 11.1 Å². The average Bonchev–Trinajstić information content (AvgIpc) is 2.56. The lowest BCUT2D eigenvalue weighted by Gasteiger charge is -2.31. The molecule has 2 aromatic carbocycles. The smallest absolute Gasteiger partial charge is 0.189 e. The Hall–Kier alpha value is -1.87. The molecule has 23 heavy (non-hydrogen) atoms. The summed E-state index contributed by atoms with van der Waals surface area (Å²) in [6, 6.07) is 18.6. The highest BCUT2D eigenvalue weighted by molar-refractivity contribution is 7.96. The van der Waals surface area contributed by atoms with Crippen LogP contribution in [0, 0.1) is 11.3 Å². The summed E-state index contributed by atoms with van der Waals surface area (Å²) >= 11 is 4.00. The van der Waals surface area contributed by atoms with Crippen molar-refractivity contribution in [3.05, 3.63) is 60.2 Å². The number of carbonyl (C=O) groups is 1. The third kappa shape index (κ3) is 3.73. The fourth-order valence-corrected chi connectivity index (χ4v) is 3.08. The van der Waals surface area contributed by atoms with Crippen molar-refractivity contribution in [3.8, 4) is 11.1 Å². The van der Waals surface area contributed by atoms with Gasteiger partial charge in [-0.15, -0.1) is 12.6 Å². The van der Waals surface area contributed by atoms with Crippen molar-refractivity contribution in [3.63, 3.8) is 0 Å². The van der Waals surface area contributed by atoms with Crippen molar-refractivity contribution in [1.82, 2.24) is 0 Å². The van der Waals surface area contributed by atoms with Gasteiger partial charge in [0.2, 0.25) is 0 Å².